The molecule has 0 unspecified atom stereocenters. The Kier molecular flexibility index (Phi) is 9.08. The van der Waals surface area contributed by atoms with Crippen LogP contribution < -0.4 is 10.2 Å². The third kappa shape index (κ3) is 6.50. The summed E-state index contributed by atoms with van der Waals surface area (Å²) in [6, 6.07) is 5.90. The summed E-state index contributed by atoms with van der Waals surface area (Å²) in [6.45, 7) is 14.4. The van der Waals surface area contributed by atoms with Gasteiger partial charge in [0.1, 0.15) is 18.2 Å². The number of piperazine rings is 1. The number of nitrogens with one attached hydrogen (secondary N) is 1. The van der Waals surface area contributed by atoms with Crippen molar-refractivity contribution in [2.24, 2.45) is 0 Å². The standard InChI is InChI=1S/C25H37FN6O3/c1-6-29-11-13-30(14-12-29)24-22(19(5)28-32(24)21-10-8-9-20(26)15-21)17-31(18(3)4)25(34)27-16-23(33)35-7-2/h8-10,15,18H,6-7,11-14,16-17H2,1-5H3,(H,27,34). The second kappa shape index (κ2) is 12.0. The smallest absolute Gasteiger partial charge is 0.325 e. The Bertz CT molecular complexity index is 1020. The predicted octanol–water partition coefficient (Wildman–Crippen LogP) is 2.94. The minimum atomic E-state index is -0.478. The number of carbonyl (C=O) groups excluding carboxylic acids is 2. The number of hydrogen-bond acceptors (Lipinski definition) is 6. The Labute approximate surface area is 206 Å². The van der Waals surface area contributed by atoms with Crippen LogP contribution in [0.25, 0.3) is 5.69 Å². The van der Waals surface area contributed by atoms with Crippen LogP contribution in [0.2, 0.25) is 0 Å². The van der Waals surface area contributed by atoms with Crippen LogP contribution in [0.15, 0.2) is 24.3 Å². The monoisotopic (exact) mass is 488 g/mol. The number of carbonyl (C=O) groups is 2. The molecule has 0 spiro atoms. The highest BCUT2D eigenvalue weighted by molar-refractivity contribution is 5.81. The Balaban J connectivity index is 1.95. The minimum Gasteiger partial charge on any atom is -0.465 e. The summed E-state index contributed by atoms with van der Waals surface area (Å²) in [4.78, 5) is 31.1. The Morgan fingerprint density at radius 2 is 1.91 bits per heavy atom. The highest BCUT2D eigenvalue weighted by Gasteiger charge is 2.28. The van der Waals surface area contributed by atoms with Crippen molar-refractivity contribution in [2.45, 2.75) is 47.2 Å². The number of anilines is 1. The van der Waals surface area contributed by atoms with Crippen molar-refractivity contribution in [1.82, 2.24) is 24.9 Å². The Morgan fingerprint density at radius 1 is 1.20 bits per heavy atom. The molecule has 192 valence electrons. The zero-order valence-corrected chi connectivity index (χ0v) is 21.4. The van der Waals surface area contributed by atoms with Gasteiger partial charge < -0.3 is 24.8 Å². The van der Waals surface area contributed by atoms with Gasteiger partial charge in [0.05, 0.1) is 24.5 Å². The van der Waals surface area contributed by atoms with E-state index in [0.717, 1.165) is 49.8 Å². The lowest BCUT2D eigenvalue weighted by Crippen LogP contribution is -2.48. The molecular formula is C25H37FN6O3. The summed E-state index contributed by atoms with van der Waals surface area (Å²) >= 11 is 0. The van der Waals surface area contributed by atoms with Crippen LogP contribution in [-0.4, -0.2) is 83.5 Å². The highest BCUT2D eigenvalue weighted by Crippen LogP contribution is 2.30. The molecule has 1 saturated heterocycles. The van der Waals surface area contributed by atoms with Crippen molar-refractivity contribution in [3.8, 4) is 5.69 Å². The van der Waals surface area contributed by atoms with Gasteiger partial charge >= 0.3 is 12.0 Å². The lowest BCUT2D eigenvalue weighted by atomic mass is 10.1. The first-order chi connectivity index (χ1) is 16.7. The Morgan fingerprint density at radius 3 is 2.51 bits per heavy atom. The first-order valence-corrected chi connectivity index (χ1v) is 12.3. The van der Waals surface area contributed by atoms with E-state index >= 15 is 0 Å². The molecule has 35 heavy (non-hydrogen) atoms. The second-order valence-electron chi connectivity index (χ2n) is 8.89. The van der Waals surface area contributed by atoms with Gasteiger partial charge in [0.15, 0.2) is 0 Å². The number of halogens is 1. The van der Waals surface area contributed by atoms with Crippen LogP contribution in [0.1, 0.15) is 39.0 Å². The van der Waals surface area contributed by atoms with Crippen LogP contribution in [0, 0.1) is 12.7 Å². The second-order valence-corrected chi connectivity index (χ2v) is 8.89. The summed E-state index contributed by atoms with van der Waals surface area (Å²) < 4.78 is 20.8. The fourth-order valence-electron chi connectivity index (χ4n) is 4.24. The maximum atomic E-state index is 14.1. The zero-order valence-electron chi connectivity index (χ0n) is 21.4. The molecular weight excluding hydrogens is 451 g/mol. The molecule has 2 aromatic rings. The van der Waals surface area contributed by atoms with Crippen molar-refractivity contribution in [3.05, 3.63) is 41.3 Å². The van der Waals surface area contributed by atoms with Crippen LogP contribution in [-0.2, 0) is 16.1 Å². The van der Waals surface area contributed by atoms with Gasteiger partial charge in [-0.05, 0) is 52.4 Å². The zero-order chi connectivity index (χ0) is 25.5. The number of rotatable bonds is 9. The number of hydrogen-bond donors (Lipinski definition) is 1. The topological polar surface area (TPSA) is 82.9 Å². The number of benzene rings is 1. The van der Waals surface area contributed by atoms with E-state index in [-0.39, 0.29) is 31.0 Å². The molecule has 1 aromatic heterocycles. The molecule has 0 radical (unpaired) electrons. The van der Waals surface area contributed by atoms with E-state index < -0.39 is 5.97 Å². The largest absolute Gasteiger partial charge is 0.465 e. The lowest BCUT2D eigenvalue weighted by Gasteiger charge is -2.36. The normalized spacial score (nSPS) is 14.3. The molecule has 2 heterocycles. The van der Waals surface area contributed by atoms with Gasteiger partial charge in [0.25, 0.3) is 0 Å². The van der Waals surface area contributed by atoms with Gasteiger partial charge in [0.2, 0.25) is 0 Å². The number of aromatic nitrogens is 2. The molecule has 1 aromatic carbocycles. The maximum Gasteiger partial charge on any atom is 0.325 e. The number of esters is 1. The molecule has 1 aliphatic heterocycles. The SMILES string of the molecule is CCOC(=O)CNC(=O)N(Cc1c(C)nn(-c2cccc(F)c2)c1N1CCN(CC)CC1)C(C)C. The van der Waals surface area contributed by atoms with E-state index in [1.807, 2.05) is 26.8 Å². The number of ether oxygens (including phenoxy) is 1. The van der Waals surface area contributed by atoms with E-state index in [1.54, 1.807) is 22.6 Å². The summed E-state index contributed by atoms with van der Waals surface area (Å²) in [6.07, 6.45) is 0. The van der Waals surface area contributed by atoms with E-state index in [2.05, 4.69) is 22.0 Å². The number of nitrogens with zero attached hydrogens (tertiary/aromatic N) is 5. The molecule has 1 fully saturated rings. The average molecular weight is 489 g/mol. The average Bonchev–Trinajstić information content (AvgIpc) is 3.16. The van der Waals surface area contributed by atoms with Crippen molar-refractivity contribution in [3.63, 3.8) is 0 Å². The number of likely N-dealkylation sites (N-methyl/N-ethyl adjacent to an activating group) is 1. The number of amides is 2. The van der Waals surface area contributed by atoms with E-state index in [0.29, 0.717) is 12.2 Å². The first kappa shape index (κ1) is 26.5. The van der Waals surface area contributed by atoms with Gasteiger partial charge in [-0.3, -0.25) is 4.79 Å². The molecule has 0 bridgehead atoms. The highest BCUT2D eigenvalue weighted by atomic mass is 19.1. The molecule has 0 atom stereocenters. The predicted molar refractivity (Wildman–Crippen MR) is 133 cm³/mol. The van der Waals surface area contributed by atoms with Crippen LogP contribution in [0.3, 0.4) is 0 Å². The first-order valence-electron chi connectivity index (χ1n) is 12.3. The fraction of sp³-hybridized carbons (Fsp3) is 0.560. The van der Waals surface area contributed by atoms with E-state index in [4.69, 9.17) is 9.84 Å². The number of aryl methyl sites for hydroxylation is 1. The van der Waals surface area contributed by atoms with Crippen LogP contribution in [0.4, 0.5) is 15.0 Å². The molecule has 1 N–H and O–H groups in total. The van der Waals surface area contributed by atoms with E-state index in [9.17, 15) is 14.0 Å². The molecule has 0 saturated carbocycles. The van der Waals surface area contributed by atoms with Crippen molar-refractivity contribution < 1.29 is 18.7 Å². The summed E-state index contributed by atoms with van der Waals surface area (Å²) in [5, 5.41) is 7.43. The fourth-order valence-corrected chi connectivity index (χ4v) is 4.24. The molecule has 9 nitrogen and oxygen atoms in total. The van der Waals surface area contributed by atoms with Gasteiger partial charge in [0, 0.05) is 37.8 Å². The number of urea groups is 1. The van der Waals surface area contributed by atoms with Gasteiger partial charge in [-0.1, -0.05) is 13.0 Å². The van der Waals surface area contributed by atoms with Crippen LogP contribution >= 0.6 is 0 Å². The summed E-state index contributed by atoms with van der Waals surface area (Å²) in [5.41, 5.74) is 2.31. The van der Waals surface area contributed by atoms with Gasteiger partial charge in [-0.15, -0.1) is 0 Å². The third-order valence-corrected chi connectivity index (χ3v) is 6.23. The maximum absolute atomic E-state index is 14.1. The quantitative estimate of drug-likeness (QED) is 0.547. The minimum absolute atomic E-state index is 0.126. The van der Waals surface area contributed by atoms with Gasteiger partial charge in [-0.25, -0.2) is 13.9 Å². The molecule has 3 rings (SSSR count). The van der Waals surface area contributed by atoms with Gasteiger partial charge in [-0.2, -0.15) is 5.10 Å². The lowest BCUT2D eigenvalue weighted by molar-refractivity contribution is -0.141. The van der Waals surface area contributed by atoms with Crippen molar-refractivity contribution in [2.75, 3.05) is 50.8 Å². The molecule has 1 aliphatic rings. The summed E-state index contributed by atoms with van der Waals surface area (Å²) in [5.74, 6) is 0.0583. The molecule has 10 heteroatoms. The molecule has 0 aliphatic carbocycles. The third-order valence-electron chi connectivity index (χ3n) is 6.23. The summed E-state index contributed by atoms with van der Waals surface area (Å²) in [7, 11) is 0. The van der Waals surface area contributed by atoms with Crippen molar-refractivity contribution in [1.29, 1.82) is 0 Å². The molecule has 2 amide bonds. The van der Waals surface area contributed by atoms with Crippen LogP contribution in [0.5, 0.6) is 0 Å². The van der Waals surface area contributed by atoms with Crippen molar-refractivity contribution >= 4 is 17.8 Å². The van der Waals surface area contributed by atoms with E-state index in [1.165, 1.54) is 12.1 Å². The Hall–Kier alpha value is -3.14.